The summed E-state index contributed by atoms with van der Waals surface area (Å²) in [7, 11) is 0. The van der Waals surface area contributed by atoms with Gasteiger partial charge in [0, 0.05) is 6.61 Å². The highest BCUT2D eigenvalue weighted by Crippen LogP contribution is 2.22. The molecule has 0 bridgehead atoms. The van der Waals surface area contributed by atoms with Crippen LogP contribution in [0.15, 0.2) is 18.2 Å². The fourth-order valence-electron chi connectivity index (χ4n) is 1.63. The minimum atomic E-state index is 0.334. The smallest absolute Gasteiger partial charge is 0.0992 e. The van der Waals surface area contributed by atoms with Crippen LogP contribution in [0.4, 0.5) is 11.4 Å². The minimum Gasteiger partial charge on any atom is -0.397 e. The molecule has 0 spiro atoms. The van der Waals surface area contributed by atoms with Crippen LogP contribution in [-0.4, -0.2) is 19.3 Å². The average molecular weight is 203 g/mol. The molecule has 0 aliphatic carbocycles. The van der Waals surface area contributed by atoms with Crippen LogP contribution in [-0.2, 0) is 4.74 Å². The topological polar surface area (TPSA) is 71.1 Å². The molecule has 1 fully saturated rings. The summed E-state index contributed by atoms with van der Waals surface area (Å²) in [5.41, 5.74) is 7.90. The predicted octanol–water partition coefficient (Wildman–Crippen LogP) is 1.34. The van der Waals surface area contributed by atoms with Crippen LogP contribution >= 0.6 is 0 Å². The normalized spacial score (nSPS) is 19.8. The molecular formula is C11H13N3O. The monoisotopic (exact) mass is 203 g/mol. The van der Waals surface area contributed by atoms with Gasteiger partial charge in [-0.25, -0.2) is 0 Å². The van der Waals surface area contributed by atoms with Crippen molar-refractivity contribution in [1.82, 2.24) is 0 Å². The van der Waals surface area contributed by atoms with Gasteiger partial charge in [-0.05, 0) is 24.6 Å². The maximum atomic E-state index is 8.69. The van der Waals surface area contributed by atoms with Gasteiger partial charge in [-0.1, -0.05) is 0 Å². The third-order valence-corrected chi connectivity index (χ3v) is 2.47. The van der Waals surface area contributed by atoms with Gasteiger partial charge >= 0.3 is 0 Å². The van der Waals surface area contributed by atoms with Gasteiger partial charge in [-0.2, -0.15) is 5.26 Å². The van der Waals surface area contributed by atoms with Crippen LogP contribution in [0.3, 0.4) is 0 Å². The zero-order valence-electron chi connectivity index (χ0n) is 8.36. The number of hydrogen-bond acceptors (Lipinski definition) is 4. The van der Waals surface area contributed by atoms with Crippen molar-refractivity contribution in [3.05, 3.63) is 23.8 Å². The number of anilines is 2. The molecular weight excluding hydrogens is 190 g/mol. The molecule has 1 aliphatic rings. The molecule has 78 valence electrons. The Morgan fingerprint density at radius 2 is 2.40 bits per heavy atom. The SMILES string of the molecule is N#Cc1ccc(NC2CCOC2)c(N)c1. The van der Waals surface area contributed by atoms with Crippen molar-refractivity contribution in [1.29, 1.82) is 5.26 Å². The van der Waals surface area contributed by atoms with Crippen LogP contribution in [0.5, 0.6) is 0 Å². The number of nitrogens with two attached hydrogens (primary N) is 1. The summed E-state index contributed by atoms with van der Waals surface area (Å²) in [6, 6.07) is 7.67. The van der Waals surface area contributed by atoms with Crippen molar-refractivity contribution in [3.63, 3.8) is 0 Å². The Morgan fingerprint density at radius 1 is 1.53 bits per heavy atom. The quantitative estimate of drug-likeness (QED) is 0.711. The van der Waals surface area contributed by atoms with Crippen LogP contribution in [0.25, 0.3) is 0 Å². The summed E-state index contributed by atoms with van der Waals surface area (Å²) in [5, 5.41) is 12.0. The molecule has 1 saturated heterocycles. The second-order valence-corrected chi connectivity index (χ2v) is 3.62. The van der Waals surface area contributed by atoms with Crippen molar-refractivity contribution in [2.75, 3.05) is 24.3 Å². The lowest BCUT2D eigenvalue weighted by molar-refractivity contribution is 0.195. The first kappa shape index (κ1) is 9.81. The number of rotatable bonds is 2. The third kappa shape index (κ3) is 2.20. The molecule has 4 heteroatoms. The second-order valence-electron chi connectivity index (χ2n) is 3.62. The van der Waals surface area contributed by atoms with Crippen LogP contribution in [0.2, 0.25) is 0 Å². The Bertz CT molecular complexity index is 391. The fourth-order valence-corrected chi connectivity index (χ4v) is 1.63. The lowest BCUT2D eigenvalue weighted by atomic mass is 10.1. The average Bonchev–Trinajstić information content (AvgIpc) is 2.74. The number of benzene rings is 1. The van der Waals surface area contributed by atoms with E-state index in [2.05, 4.69) is 11.4 Å². The third-order valence-electron chi connectivity index (χ3n) is 2.47. The molecule has 1 atom stereocenters. The summed E-state index contributed by atoms with van der Waals surface area (Å²) in [6.45, 7) is 1.52. The first-order valence-electron chi connectivity index (χ1n) is 4.93. The van der Waals surface area contributed by atoms with Crippen molar-refractivity contribution in [2.45, 2.75) is 12.5 Å². The molecule has 0 aromatic heterocycles. The molecule has 1 aliphatic heterocycles. The highest BCUT2D eigenvalue weighted by atomic mass is 16.5. The number of nitriles is 1. The number of hydrogen-bond donors (Lipinski definition) is 2. The van der Waals surface area contributed by atoms with Crippen molar-refractivity contribution >= 4 is 11.4 Å². The van der Waals surface area contributed by atoms with Crippen LogP contribution < -0.4 is 11.1 Å². The van der Waals surface area contributed by atoms with Crippen molar-refractivity contribution < 1.29 is 4.74 Å². The minimum absolute atomic E-state index is 0.334. The van der Waals surface area contributed by atoms with E-state index in [0.717, 1.165) is 25.3 Å². The van der Waals surface area contributed by atoms with E-state index in [1.165, 1.54) is 0 Å². The molecule has 15 heavy (non-hydrogen) atoms. The fraction of sp³-hybridized carbons (Fsp3) is 0.364. The van der Waals surface area contributed by atoms with E-state index < -0.39 is 0 Å². The summed E-state index contributed by atoms with van der Waals surface area (Å²) < 4.78 is 5.26. The molecule has 0 saturated carbocycles. The summed E-state index contributed by atoms with van der Waals surface area (Å²) in [6.07, 6.45) is 0.999. The number of nitrogens with zero attached hydrogens (tertiary/aromatic N) is 1. The van der Waals surface area contributed by atoms with E-state index in [1.54, 1.807) is 12.1 Å². The molecule has 0 radical (unpaired) electrons. The molecule has 1 aromatic carbocycles. The maximum Gasteiger partial charge on any atom is 0.0992 e. The summed E-state index contributed by atoms with van der Waals surface area (Å²) >= 11 is 0. The van der Waals surface area contributed by atoms with Gasteiger partial charge in [0.1, 0.15) is 0 Å². The summed E-state index contributed by atoms with van der Waals surface area (Å²) in [4.78, 5) is 0. The zero-order valence-corrected chi connectivity index (χ0v) is 8.36. The van der Waals surface area contributed by atoms with Gasteiger partial charge in [0.05, 0.1) is 35.7 Å². The Kier molecular flexibility index (Phi) is 2.75. The molecule has 3 N–H and O–H groups in total. The first-order chi connectivity index (χ1) is 7.29. The van der Waals surface area contributed by atoms with Crippen LogP contribution in [0.1, 0.15) is 12.0 Å². The number of nitrogen functional groups attached to an aromatic ring is 1. The van der Waals surface area contributed by atoms with Gasteiger partial charge in [0.2, 0.25) is 0 Å². The van der Waals surface area contributed by atoms with Crippen molar-refractivity contribution in [2.24, 2.45) is 0 Å². The highest BCUT2D eigenvalue weighted by molar-refractivity contribution is 5.68. The summed E-state index contributed by atoms with van der Waals surface area (Å²) in [5.74, 6) is 0. The highest BCUT2D eigenvalue weighted by Gasteiger charge is 2.15. The molecule has 1 heterocycles. The van der Waals surface area contributed by atoms with E-state index in [0.29, 0.717) is 17.3 Å². The van der Waals surface area contributed by atoms with Crippen LogP contribution in [0, 0.1) is 11.3 Å². The Labute approximate surface area is 88.6 Å². The maximum absolute atomic E-state index is 8.69. The Morgan fingerprint density at radius 3 is 3.00 bits per heavy atom. The van der Waals surface area contributed by atoms with Crippen molar-refractivity contribution in [3.8, 4) is 6.07 Å². The lowest BCUT2D eigenvalue weighted by Crippen LogP contribution is -2.19. The zero-order chi connectivity index (χ0) is 10.7. The molecule has 1 unspecified atom stereocenters. The van der Waals surface area contributed by atoms with Gasteiger partial charge < -0.3 is 15.8 Å². The standard InChI is InChI=1S/C11H13N3O/c12-6-8-1-2-11(10(13)5-8)14-9-3-4-15-7-9/h1-2,5,9,14H,3-4,7,13H2. The second kappa shape index (κ2) is 4.20. The Hall–Kier alpha value is -1.73. The van der Waals surface area contributed by atoms with E-state index in [4.69, 9.17) is 15.7 Å². The molecule has 2 rings (SSSR count). The number of nitrogens with one attached hydrogen (secondary N) is 1. The van der Waals surface area contributed by atoms with E-state index in [-0.39, 0.29) is 0 Å². The van der Waals surface area contributed by atoms with Gasteiger partial charge in [0.25, 0.3) is 0 Å². The molecule has 1 aromatic rings. The number of ether oxygens (including phenoxy) is 1. The lowest BCUT2D eigenvalue weighted by Gasteiger charge is -2.14. The van der Waals surface area contributed by atoms with E-state index >= 15 is 0 Å². The Balaban J connectivity index is 2.11. The molecule has 4 nitrogen and oxygen atoms in total. The van der Waals surface area contributed by atoms with Gasteiger partial charge in [-0.15, -0.1) is 0 Å². The molecule has 0 amide bonds. The predicted molar refractivity (Wildman–Crippen MR) is 58.4 cm³/mol. The van der Waals surface area contributed by atoms with E-state index in [9.17, 15) is 0 Å². The van der Waals surface area contributed by atoms with Gasteiger partial charge in [0.15, 0.2) is 0 Å². The van der Waals surface area contributed by atoms with Gasteiger partial charge in [-0.3, -0.25) is 0 Å². The van der Waals surface area contributed by atoms with E-state index in [1.807, 2.05) is 6.07 Å². The largest absolute Gasteiger partial charge is 0.397 e. The first-order valence-corrected chi connectivity index (χ1v) is 4.93.